The smallest absolute Gasteiger partial charge is 0.290 e. The number of benzene rings is 1. The summed E-state index contributed by atoms with van der Waals surface area (Å²) in [6.07, 6.45) is 5.81. The molecule has 2 aromatic rings. The number of halogens is 2. The molecule has 9 nitrogen and oxygen atoms in total. The highest BCUT2D eigenvalue weighted by atomic mass is 35.5. The molecule has 0 aliphatic carbocycles. The lowest BCUT2D eigenvalue weighted by molar-refractivity contribution is -0.137. The van der Waals surface area contributed by atoms with Gasteiger partial charge in [-0.05, 0) is 56.6 Å². The van der Waals surface area contributed by atoms with Gasteiger partial charge in [0, 0.05) is 59.0 Å². The van der Waals surface area contributed by atoms with Gasteiger partial charge in [0.05, 0.1) is 18.5 Å². The molecule has 0 radical (unpaired) electrons. The molecule has 2 saturated heterocycles. The third-order valence-electron chi connectivity index (χ3n) is 7.74. The first-order valence-corrected chi connectivity index (χ1v) is 14.3. The fraction of sp³-hybridized carbons (Fsp3) is 0.690. The predicted molar refractivity (Wildman–Crippen MR) is 163 cm³/mol. The van der Waals surface area contributed by atoms with E-state index in [0.717, 1.165) is 44.3 Å². The van der Waals surface area contributed by atoms with E-state index in [1.165, 1.54) is 6.42 Å². The molecule has 0 bridgehead atoms. The minimum Gasteiger partial charge on any atom is -0.494 e. The zero-order valence-electron chi connectivity index (χ0n) is 24.4. The second kappa shape index (κ2) is 16.4. The number of likely N-dealkylation sites (tertiary alicyclic amines) is 1. The first kappa shape index (κ1) is 34.1. The average Bonchev–Trinajstić information content (AvgIpc) is 3.32. The Kier molecular flexibility index (Phi) is 14.0. The summed E-state index contributed by atoms with van der Waals surface area (Å²) in [5.74, 6) is 1.42. The molecule has 11 heteroatoms. The Morgan fingerprint density at radius 3 is 2.52 bits per heavy atom. The molecule has 0 unspecified atom stereocenters. The Morgan fingerprint density at radius 1 is 1.10 bits per heavy atom. The van der Waals surface area contributed by atoms with Crippen LogP contribution in [0.4, 0.5) is 0 Å². The molecule has 1 aromatic carbocycles. The predicted octanol–water partition coefficient (Wildman–Crippen LogP) is 4.40. The first-order chi connectivity index (χ1) is 18.4. The summed E-state index contributed by atoms with van der Waals surface area (Å²) in [7, 11) is 3.34. The molecule has 2 aliphatic heterocycles. The summed E-state index contributed by atoms with van der Waals surface area (Å²) in [5.41, 5.74) is 1.60. The maximum absolute atomic E-state index is 14.3. The molecule has 4 rings (SSSR count). The van der Waals surface area contributed by atoms with E-state index in [1.54, 1.807) is 14.2 Å². The number of nitrogens with one attached hydrogen (secondary N) is 1. The maximum atomic E-state index is 14.3. The van der Waals surface area contributed by atoms with Crippen LogP contribution < -0.4 is 10.1 Å². The van der Waals surface area contributed by atoms with E-state index in [-0.39, 0.29) is 54.5 Å². The van der Waals surface area contributed by atoms with Crippen molar-refractivity contribution in [2.24, 2.45) is 11.8 Å². The number of carbonyl (C=O) groups excluding carboxylic acids is 2. The lowest BCUT2D eigenvalue weighted by Crippen LogP contribution is -2.55. The van der Waals surface area contributed by atoms with E-state index in [0.29, 0.717) is 56.3 Å². The molecular weight excluding hydrogens is 553 g/mol. The van der Waals surface area contributed by atoms with Gasteiger partial charge in [0.25, 0.3) is 5.91 Å². The number of rotatable bonds is 11. The van der Waals surface area contributed by atoms with Crippen LogP contribution in [0, 0.1) is 11.8 Å². The third-order valence-corrected chi connectivity index (χ3v) is 7.74. The highest BCUT2D eigenvalue weighted by molar-refractivity contribution is 5.96. The summed E-state index contributed by atoms with van der Waals surface area (Å²) in [4.78, 5) is 36.5. The number of carbonyl (C=O) groups is 2. The van der Waals surface area contributed by atoms with Gasteiger partial charge in [-0.15, -0.1) is 24.8 Å². The van der Waals surface area contributed by atoms with E-state index in [9.17, 15) is 9.59 Å². The molecule has 226 valence electrons. The molecule has 0 spiro atoms. The summed E-state index contributed by atoms with van der Waals surface area (Å²) in [6.45, 7) is 9.27. The van der Waals surface area contributed by atoms with E-state index in [4.69, 9.17) is 14.5 Å². The van der Waals surface area contributed by atoms with Crippen LogP contribution in [0.5, 0.6) is 5.75 Å². The highest BCUT2D eigenvalue weighted by Gasteiger charge is 2.36. The van der Waals surface area contributed by atoms with Crippen molar-refractivity contribution in [1.29, 1.82) is 0 Å². The topological polar surface area (TPSA) is 88.9 Å². The lowest BCUT2D eigenvalue weighted by Gasteiger charge is -2.40. The largest absolute Gasteiger partial charge is 0.494 e. The van der Waals surface area contributed by atoms with Crippen molar-refractivity contribution in [1.82, 2.24) is 24.7 Å². The molecule has 1 N–H and O–H groups in total. The number of fused-ring (bicyclic) bond motifs is 1. The zero-order valence-corrected chi connectivity index (χ0v) is 26.0. The van der Waals surface area contributed by atoms with Crippen molar-refractivity contribution in [3.63, 3.8) is 0 Å². The molecule has 40 heavy (non-hydrogen) atoms. The average molecular weight is 601 g/mol. The van der Waals surface area contributed by atoms with Crippen molar-refractivity contribution < 1.29 is 19.1 Å². The van der Waals surface area contributed by atoms with Gasteiger partial charge in [0.2, 0.25) is 5.91 Å². The standard InChI is InChI=1S/C29H45N5O4.2ClH/c1-21(2)20-34(23-17-22(18-30-19-23)28(35)32-13-6-5-7-14-32)29(36)27-31-26-24(11-10-12-25(26)38-4)33(27)15-8-9-16-37-3;;/h10-12,21-23,30H,5-9,13-20H2,1-4H3;2*1H/t22-,23+;;/m1../s1. The van der Waals surface area contributed by atoms with E-state index >= 15 is 0 Å². The second-order valence-electron chi connectivity index (χ2n) is 11.1. The van der Waals surface area contributed by atoms with Crippen LogP contribution >= 0.6 is 24.8 Å². The molecule has 2 atom stereocenters. The number of amides is 2. The SMILES string of the molecule is COCCCCn1c(C(=O)N(CC(C)C)[C@@H]2CNC[C@H](C(=O)N3CCCCC3)C2)nc2c(OC)cccc21.Cl.Cl. The van der Waals surface area contributed by atoms with Gasteiger partial charge < -0.3 is 29.2 Å². The van der Waals surface area contributed by atoms with Gasteiger partial charge in [0.15, 0.2) is 5.82 Å². The van der Waals surface area contributed by atoms with E-state index in [2.05, 4.69) is 19.2 Å². The van der Waals surface area contributed by atoms with Gasteiger partial charge in [-0.25, -0.2) is 4.98 Å². The normalized spacial score (nSPS) is 19.2. The molecular formula is C29H47Cl2N5O4. The molecule has 2 aliphatic rings. The van der Waals surface area contributed by atoms with Crippen molar-refractivity contribution in [2.75, 3.05) is 53.6 Å². The minimum absolute atomic E-state index is 0. The van der Waals surface area contributed by atoms with Crippen molar-refractivity contribution in [3.8, 4) is 5.75 Å². The number of para-hydroxylation sites is 1. The summed E-state index contributed by atoms with van der Waals surface area (Å²) in [6, 6.07) is 5.75. The molecule has 2 fully saturated rings. The number of aryl methyl sites for hydroxylation is 1. The Hall–Kier alpha value is -2.07. The molecule has 0 saturated carbocycles. The Labute approximate surface area is 251 Å². The van der Waals surface area contributed by atoms with E-state index in [1.807, 2.05) is 32.6 Å². The van der Waals surface area contributed by atoms with E-state index < -0.39 is 0 Å². The minimum atomic E-state index is -0.109. The number of aromatic nitrogens is 2. The zero-order chi connectivity index (χ0) is 27.1. The van der Waals surface area contributed by atoms with Crippen molar-refractivity contribution in [3.05, 3.63) is 24.0 Å². The van der Waals surface area contributed by atoms with Crippen LogP contribution in [0.3, 0.4) is 0 Å². The number of piperidine rings is 2. The Balaban J connectivity index is 0.00000280. The number of hydrogen-bond donors (Lipinski definition) is 1. The fourth-order valence-electron chi connectivity index (χ4n) is 5.83. The van der Waals surface area contributed by atoms with Gasteiger partial charge in [0.1, 0.15) is 11.3 Å². The van der Waals surface area contributed by atoms with Crippen LogP contribution in [-0.4, -0.2) is 90.8 Å². The number of methoxy groups -OCH3 is 2. The Bertz CT molecular complexity index is 1090. The van der Waals surface area contributed by atoms with Gasteiger partial charge in [-0.3, -0.25) is 9.59 Å². The monoisotopic (exact) mass is 599 g/mol. The maximum Gasteiger partial charge on any atom is 0.290 e. The van der Waals surface area contributed by atoms with Crippen LogP contribution in [-0.2, 0) is 16.1 Å². The first-order valence-electron chi connectivity index (χ1n) is 14.3. The third kappa shape index (κ3) is 8.02. The summed E-state index contributed by atoms with van der Waals surface area (Å²) in [5, 5.41) is 3.47. The van der Waals surface area contributed by atoms with Crippen LogP contribution in [0.2, 0.25) is 0 Å². The van der Waals surface area contributed by atoms with Crippen LogP contribution in [0.15, 0.2) is 18.2 Å². The van der Waals surface area contributed by atoms with Crippen molar-refractivity contribution in [2.45, 2.75) is 65.0 Å². The quantitative estimate of drug-likeness (QED) is 0.385. The van der Waals surface area contributed by atoms with Crippen LogP contribution in [0.25, 0.3) is 11.0 Å². The fourth-order valence-corrected chi connectivity index (χ4v) is 5.83. The van der Waals surface area contributed by atoms with Crippen LogP contribution in [0.1, 0.15) is 63.0 Å². The van der Waals surface area contributed by atoms with Gasteiger partial charge in [-0.2, -0.15) is 0 Å². The second-order valence-corrected chi connectivity index (χ2v) is 11.1. The summed E-state index contributed by atoms with van der Waals surface area (Å²) >= 11 is 0. The lowest BCUT2D eigenvalue weighted by atomic mass is 9.92. The molecule has 1 aromatic heterocycles. The summed E-state index contributed by atoms with van der Waals surface area (Å²) < 4.78 is 12.9. The number of unbranched alkanes of at least 4 members (excludes halogenated alkanes) is 1. The van der Waals surface area contributed by atoms with Crippen molar-refractivity contribution >= 4 is 47.7 Å². The number of ether oxygens (including phenoxy) is 2. The number of imidazole rings is 1. The Morgan fingerprint density at radius 2 is 1.85 bits per heavy atom. The van der Waals surface area contributed by atoms with Gasteiger partial charge in [-0.1, -0.05) is 19.9 Å². The molecule has 2 amide bonds. The highest BCUT2D eigenvalue weighted by Crippen LogP contribution is 2.29. The number of hydrogen-bond acceptors (Lipinski definition) is 6. The van der Waals surface area contributed by atoms with Gasteiger partial charge >= 0.3 is 0 Å². The molecule has 3 heterocycles. The number of nitrogens with zero attached hydrogens (tertiary/aromatic N) is 4.